The van der Waals surface area contributed by atoms with Crippen LogP contribution in [0.4, 0.5) is 10.5 Å². The topological polar surface area (TPSA) is 50.8 Å². The summed E-state index contributed by atoms with van der Waals surface area (Å²) in [6.07, 6.45) is 5.26. The molecule has 0 aromatic heterocycles. The van der Waals surface area contributed by atoms with Gasteiger partial charge in [0.15, 0.2) is 0 Å². The van der Waals surface area contributed by atoms with Gasteiger partial charge < -0.3 is 9.47 Å². The lowest BCUT2D eigenvalue weighted by atomic mass is 9.83. The highest BCUT2D eigenvalue weighted by Gasteiger charge is 2.38. The maximum atomic E-state index is 12.3. The summed E-state index contributed by atoms with van der Waals surface area (Å²) in [6, 6.07) is 6.84. The Morgan fingerprint density at radius 2 is 2.00 bits per heavy atom. The Kier molecular flexibility index (Phi) is 5.29. The van der Waals surface area contributed by atoms with Gasteiger partial charge in [0.1, 0.15) is 11.9 Å². The van der Waals surface area contributed by atoms with Crippen molar-refractivity contribution in [3.05, 3.63) is 23.8 Å². The SMILES string of the molecule is CCN1C2CCCC1CC(OC(=O)Nc1cc(C)ccc1OC)C2. The molecule has 2 saturated heterocycles. The molecule has 2 unspecified atom stereocenters. The van der Waals surface area contributed by atoms with Crippen molar-refractivity contribution in [3.8, 4) is 5.75 Å². The first-order chi connectivity index (χ1) is 11.6. The van der Waals surface area contributed by atoms with Gasteiger partial charge in [-0.2, -0.15) is 0 Å². The third-order valence-electron chi connectivity index (χ3n) is 5.31. The van der Waals surface area contributed by atoms with E-state index in [4.69, 9.17) is 9.47 Å². The van der Waals surface area contributed by atoms with E-state index in [9.17, 15) is 4.79 Å². The second kappa shape index (κ2) is 7.43. The zero-order chi connectivity index (χ0) is 17.1. The highest BCUT2D eigenvalue weighted by atomic mass is 16.6. The summed E-state index contributed by atoms with van der Waals surface area (Å²) in [4.78, 5) is 14.9. The summed E-state index contributed by atoms with van der Waals surface area (Å²) < 4.78 is 11.0. The van der Waals surface area contributed by atoms with E-state index in [1.54, 1.807) is 7.11 Å². The van der Waals surface area contributed by atoms with Gasteiger partial charge in [0.05, 0.1) is 12.8 Å². The van der Waals surface area contributed by atoms with Crippen LogP contribution in [0, 0.1) is 6.92 Å². The second-order valence-electron chi connectivity index (χ2n) is 6.90. The molecule has 1 N–H and O–H groups in total. The molecule has 0 saturated carbocycles. The number of anilines is 1. The molecule has 1 amide bonds. The quantitative estimate of drug-likeness (QED) is 0.907. The standard InChI is InChI=1S/C19H28N2O3/c1-4-21-14-6-5-7-15(21)12-16(11-14)24-19(22)20-17-10-13(2)8-9-18(17)23-3/h8-10,14-16H,4-7,11-12H2,1-3H3,(H,20,22). The Labute approximate surface area is 144 Å². The first-order valence-electron chi connectivity index (χ1n) is 8.98. The first kappa shape index (κ1) is 17.1. The zero-order valence-corrected chi connectivity index (χ0v) is 14.9. The number of ether oxygens (including phenoxy) is 2. The number of nitrogens with zero attached hydrogens (tertiary/aromatic N) is 1. The lowest BCUT2D eigenvalue weighted by molar-refractivity contribution is -0.0273. The lowest BCUT2D eigenvalue weighted by Crippen LogP contribution is -2.54. The van der Waals surface area contributed by atoms with Crippen LogP contribution < -0.4 is 10.1 Å². The number of carbonyl (C=O) groups is 1. The van der Waals surface area contributed by atoms with Gasteiger partial charge in [-0.25, -0.2) is 4.79 Å². The number of rotatable bonds is 4. The van der Waals surface area contributed by atoms with Gasteiger partial charge in [-0.05, 0) is 44.0 Å². The van der Waals surface area contributed by atoms with Crippen molar-refractivity contribution in [3.63, 3.8) is 0 Å². The number of amides is 1. The molecule has 2 heterocycles. The van der Waals surface area contributed by atoms with Crippen LogP contribution in [0.2, 0.25) is 0 Å². The number of aryl methyl sites for hydroxylation is 1. The fourth-order valence-corrected chi connectivity index (χ4v) is 4.25. The number of piperidine rings is 2. The molecule has 5 heteroatoms. The largest absolute Gasteiger partial charge is 0.495 e. The summed E-state index contributed by atoms with van der Waals surface area (Å²) in [6.45, 7) is 5.30. The zero-order valence-electron chi connectivity index (χ0n) is 14.9. The summed E-state index contributed by atoms with van der Waals surface area (Å²) >= 11 is 0. The van der Waals surface area contributed by atoms with Crippen molar-refractivity contribution in [2.45, 2.75) is 64.1 Å². The molecule has 0 radical (unpaired) electrons. The van der Waals surface area contributed by atoms with E-state index >= 15 is 0 Å². The molecular formula is C19H28N2O3. The predicted molar refractivity (Wildman–Crippen MR) is 94.7 cm³/mol. The van der Waals surface area contributed by atoms with E-state index < -0.39 is 0 Å². The molecule has 2 aliphatic heterocycles. The fraction of sp³-hybridized carbons (Fsp3) is 0.632. The van der Waals surface area contributed by atoms with Gasteiger partial charge in [-0.1, -0.05) is 19.4 Å². The van der Waals surface area contributed by atoms with Crippen molar-refractivity contribution in [2.24, 2.45) is 0 Å². The minimum Gasteiger partial charge on any atom is -0.495 e. The van der Waals surface area contributed by atoms with Crippen LogP contribution in [-0.2, 0) is 4.74 Å². The summed E-state index contributed by atoms with van der Waals surface area (Å²) in [5, 5.41) is 2.84. The van der Waals surface area contributed by atoms with Crippen molar-refractivity contribution >= 4 is 11.8 Å². The molecule has 1 aromatic carbocycles. The van der Waals surface area contributed by atoms with E-state index in [1.165, 1.54) is 19.3 Å². The van der Waals surface area contributed by atoms with Crippen molar-refractivity contribution in [1.82, 2.24) is 4.90 Å². The second-order valence-corrected chi connectivity index (χ2v) is 6.90. The van der Waals surface area contributed by atoms with Crippen LogP contribution >= 0.6 is 0 Å². The van der Waals surface area contributed by atoms with E-state index in [0.717, 1.165) is 24.9 Å². The Bertz CT molecular complexity index is 576. The molecule has 3 rings (SSSR count). The van der Waals surface area contributed by atoms with Crippen molar-refractivity contribution < 1.29 is 14.3 Å². The number of methoxy groups -OCH3 is 1. The van der Waals surface area contributed by atoms with E-state index in [1.807, 2.05) is 25.1 Å². The number of fused-ring (bicyclic) bond motifs is 2. The summed E-state index contributed by atoms with van der Waals surface area (Å²) in [5.74, 6) is 0.648. The van der Waals surface area contributed by atoms with Gasteiger partial charge in [0.2, 0.25) is 0 Å². The molecule has 0 aliphatic carbocycles. The smallest absolute Gasteiger partial charge is 0.412 e. The Morgan fingerprint density at radius 1 is 1.29 bits per heavy atom. The average molecular weight is 332 g/mol. The molecule has 5 nitrogen and oxygen atoms in total. The minimum atomic E-state index is -0.382. The number of nitrogens with one attached hydrogen (secondary N) is 1. The third kappa shape index (κ3) is 3.66. The van der Waals surface area contributed by atoms with Crippen molar-refractivity contribution in [2.75, 3.05) is 19.0 Å². The van der Waals surface area contributed by atoms with Crippen LogP contribution in [0.25, 0.3) is 0 Å². The molecule has 24 heavy (non-hydrogen) atoms. The van der Waals surface area contributed by atoms with Crippen LogP contribution in [0.3, 0.4) is 0 Å². The monoisotopic (exact) mass is 332 g/mol. The highest BCUT2D eigenvalue weighted by Crippen LogP contribution is 2.35. The Hall–Kier alpha value is -1.75. The van der Waals surface area contributed by atoms with Gasteiger partial charge in [0, 0.05) is 24.9 Å². The summed E-state index contributed by atoms with van der Waals surface area (Å²) in [5.41, 5.74) is 1.73. The predicted octanol–water partition coefficient (Wildman–Crippen LogP) is 3.96. The van der Waals surface area contributed by atoms with Gasteiger partial charge in [-0.3, -0.25) is 10.2 Å². The minimum absolute atomic E-state index is 0.0129. The first-order valence-corrected chi connectivity index (χ1v) is 8.98. The van der Waals surface area contributed by atoms with Crippen LogP contribution in [0.1, 0.15) is 44.6 Å². The highest BCUT2D eigenvalue weighted by molar-refractivity contribution is 5.87. The fourth-order valence-electron chi connectivity index (χ4n) is 4.25. The number of hydrogen-bond acceptors (Lipinski definition) is 4. The normalized spacial score (nSPS) is 26.7. The number of benzene rings is 1. The van der Waals surface area contributed by atoms with Crippen molar-refractivity contribution in [1.29, 1.82) is 0 Å². The van der Waals surface area contributed by atoms with Gasteiger partial charge >= 0.3 is 6.09 Å². The van der Waals surface area contributed by atoms with E-state index in [0.29, 0.717) is 23.5 Å². The number of hydrogen-bond donors (Lipinski definition) is 1. The Morgan fingerprint density at radius 3 is 2.62 bits per heavy atom. The van der Waals surface area contributed by atoms with Crippen LogP contribution in [-0.4, -0.2) is 42.8 Å². The lowest BCUT2D eigenvalue weighted by Gasteiger charge is -2.48. The third-order valence-corrected chi connectivity index (χ3v) is 5.31. The Balaban J connectivity index is 1.61. The van der Waals surface area contributed by atoms with Crippen LogP contribution in [0.15, 0.2) is 18.2 Å². The maximum absolute atomic E-state index is 12.3. The molecule has 2 bridgehead atoms. The molecule has 1 aromatic rings. The molecule has 2 fully saturated rings. The van der Waals surface area contributed by atoms with Gasteiger partial charge in [-0.15, -0.1) is 0 Å². The molecule has 132 valence electrons. The van der Waals surface area contributed by atoms with Crippen LogP contribution in [0.5, 0.6) is 5.75 Å². The maximum Gasteiger partial charge on any atom is 0.412 e. The van der Waals surface area contributed by atoms with Gasteiger partial charge in [0.25, 0.3) is 0 Å². The summed E-state index contributed by atoms with van der Waals surface area (Å²) in [7, 11) is 1.60. The van der Waals surface area contributed by atoms with E-state index in [-0.39, 0.29) is 12.2 Å². The molecule has 2 aliphatic rings. The molecular weight excluding hydrogens is 304 g/mol. The number of carbonyl (C=O) groups excluding carboxylic acids is 1. The molecule has 0 spiro atoms. The average Bonchev–Trinajstić information content (AvgIpc) is 2.54. The molecule has 2 atom stereocenters. The van der Waals surface area contributed by atoms with E-state index in [2.05, 4.69) is 17.1 Å².